The predicted octanol–water partition coefficient (Wildman–Crippen LogP) is 1.85. The molecule has 1 aromatic heterocycles. The highest BCUT2D eigenvalue weighted by molar-refractivity contribution is 5.97. The summed E-state index contributed by atoms with van der Waals surface area (Å²) < 4.78 is 0. The van der Waals surface area contributed by atoms with E-state index in [1.165, 1.54) is 0 Å². The number of carbonyl (C=O) groups excluding carboxylic acids is 1. The zero-order valence-electron chi connectivity index (χ0n) is 15.7. The summed E-state index contributed by atoms with van der Waals surface area (Å²) in [5.41, 5.74) is 1.71. The van der Waals surface area contributed by atoms with Gasteiger partial charge in [-0.3, -0.25) is 9.69 Å². The van der Waals surface area contributed by atoms with Gasteiger partial charge in [0.15, 0.2) is 0 Å². The Labute approximate surface area is 150 Å². The van der Waals surface area contributed by atoms with Gasteiger partial charge in [0.25, 0.3) is 0 Å². The summed E-state index contributed by atoms with van der Waals surface area (Å²) in [6.07, 6.45) is 6.46. The van der Waals surface area contributed by atoms with E-state index in [0.29, 0.717) is 12.3 Å². The molecule has 0 atom stereocenters. The highest BCUT2D eigenvalue weighted by Gasteiger charge is 2.23. The van der Waals surface area contributed by atoms with E-state index < -0.39 is 0 Å². The van der Waals surface area contributed by atoms with E-state index in [0.717, 1.165) is 49.7 Å². The zero-order valence-corrected chi connectivity index (χ0v) is 15.7. The second kappa shape index (κ2) is 8.80. The fourth-order valence-corrected chi connectivity index (χ4v) is 3.01. The number of aromatic nitrogens is 2. The number of H-pyrrole nitrogens is 1. The molecular formula is C18H30N6O. The number of nitrogens with zero attached hydrogens (tertiary/aromatic N) is 3. The van der Waals surface area contributed by atoms with Crippen LogP contribution < -0.4 is 5.32 Å². The van der Waals surface area contributed by atoms with Gasteiger partial charge in [-0.2, -0.15) is 0 Å². The summed E-state index contributed by atoms with van der Waals surface area (Å²) in [4.78, 5) is 23.3. The van der Waals surface area contributed by atoms with Gasteiger partial charge < -0.3 is 20.6 Å². The molecule has 7 nitrogen and oxygen atoms in total. The number of hydrogen-bond donors (Lipinski definition) is 3. The smallest absolute Gasteiger partial charge is 0.236 e. The Kier molecular flexibility index (Phi) is 6.75. The number of carbonyl (C=O) groups is 1. The van der Waals surface area contributed by atoms with Gasteiger partial charge in [-0.05, 0) is 44.5 Å². The standard InChI is InChI=1S/C18H30N6O/c1-5-15-18(20-2)22-16(21-15)7-6-14(19)13-8-10-24(11-9-13)12-17(25)23(3)4/h6-7,13,19-20H,5,8-12H2,1-4H3,(H,21,22)/b7-6-,19-14?. The number of piperidine rings is 1. The van der Waals surface area contributed by atoms with E-state index >= 15 is 0 Å². The van der Waals surface area contributed by atoms with Crippen LogP contribution in [0.2, 0.25) is 0 Å². The molecule has 0 saturated carbocycles. The maximum absolute atomic E-state index is 11.8. The van der Waals surface area contributed by atoms with Crippen LogP contribution in [0, 0.1) is 11.3 Å². The fraction of sp³-hybridized carbons (Fsp3) is 0.611. The average molecular weight is 346 g/mol. The van der Waals surface area contributed by atoms with Crippen molar-refractivity contribution in [3.63, 3.8) is 0 Å². The van der Waals surface area contributed by atoms with Crippen LogP contribution in [0.3, 0.4) is 0 Å². The number of likely N-dealkylation sites (tertiary alicyclic amines) is 1. The molecule has 1 fully saturated rings. The minimum atomic E-state index is 0.137. The maximum atomic E-state index is 11.8. The SMILES string of the molecule is CCc1[nH]c(/C=C\C(=N)C2CCN(CC(=O)N(C)C)CC2)nc1NC. The van der Waals surface area contributed by atoms with Gasteiger partial charge in [-0.15, -0.1) is 0 Å². The van der Waals surface area contributed by atoms with Gasteiger partial charge in [-0.1, -0.05) is 6.92 Å². The molecule has 1 saturated heterocycles. The Morgan fingerprint density at radius 3 is 2.64 bits per heavy atom. The molecule has 0 bridgehead atoms. The number of allylic oxidation sites excluding steroid dienone is 1. The zero-order chi connectivity index (χ0) is 18.4. The number of aromatic amines is 1. The lowest BCUT2D eigenvalue weighted by Gasteiger charge is -2.31. The van der Waals surface area contributed by atoms with Crippen molar-refractivity contribution in [2.24, 2.45) is 5.92 Å². The van der Waals surface area contributed by atoms with Crippen LogP contribution in [0.5, 0.6) is 0 Å². The number of imidazole rings is 1. The highest BCUT2D eigenvalue weighted by atomic mass is 16.2. The van der Waals surface area contributed by atoms with Crippen molar-refractivity contribution in [2.75, 3.05) is 46.1 Å². The molecule has 138 valence electrons. The molecule has 0 aromatic carbocycles. The molecular weight excluding hydrogens is 316 g/mol. The Bertz CT molecular complexity index is 604. The molecule has 0 spiro atoms. The Morgan fingerprint density at radius 2 is 2.12 bits per heavy atom. The van der Waals surface area contributed by atoms with Crippen molar-refractivity contribution in [1.82, 2.24) is 19.8 Å². The summed E-state index contributed by atoms with van der Waals surface area (Å²) in [5.74, 6) is 2.04. The maximum Gasteiger partial charge on any atom is 0.236 e. The number of nitrogens with one attached hydrogen (secondary N) is 3. The second-order valence-corrected chi connectivity index (χ2v) is 6.68. The minimum absolute atomic E-state index is 0.137. The van der Waals surface area contributed by atoms with Crippen molar-refractivity contribution in [1.29, 1.82) is 5.41 Å². The van der Waals surface area contributed by atoms with E-state index in [9.17, 15) is 4.79 Å². The number of rotatable bonds is 7. The summed E-state index contributed by atoms with van der Waals surface area (Å²) in [6, 6.07) is 0. The van der Waals surface area contributed by atoms with Crippen molar-refractivity contribution in [3.05, 3.63) is 17.6 Å². The monoisotopic (exact) mass is 346 g/mol. The first-order valence-electron chi connectivity index (χ1n) is 8.90. The molecule has 25 heavy (non-hydrogen) atoms. The summed E-state index contributed by atoms with van der Waals surface area (Å²) in [7, 11) is 5.43. The Balaban J connectivity index is 1.86. The van der Waals surface area contributed by atoms with Gasteiger partial charge in [0.2, 0.25) is 5.91 Å². The van der Waals surface area contributed by atoms with Crippen LogP contribution in [-0.4, -0.2) is 72.2 Å². The molecule has 1 aliphatic heterocycles. The first-order chi connectivity index (χ1) is 11.9. The molecule has 0 unspecified atom stereocenters. The van der Waals surface area contributed by atoms with Crippen LogP contribution in [0.25, 0.3) is 6.08 Å². The largest absolute Gasteiger partial charge is 0.372 e. The molecule has 2 heterocycles. The van der Waals surface area contributed by atoms with Gasteiger partial charge in [0.1, 0.15) is 11.6 Å². The van der Waals surface area contributed by atoms with Crippen LogP contribution in [0.1, 0.15) is 31.3 Å². The van der Waals surface area contributed by atoms with E-state index in [1.807, 2.05) is 19.2 Å². The summed E-state index contributed by atoms with van der Waals surface area (Å²) in [5, 5.41) is 11.4. The van der Waals surface area contributed by atoms with Crippen LogP contribution in [0.4, 0.5) is 5.82 Å². The van der Waals surface area contributed by atoms with E-state index in [-0.39, 0.29) is 11.8 Å². The fourth-order valence-electron chi connectivity index (χ4n) is 3.01. The quantitative estimate of drug-likeness (QED) is 0.658. The molecule has 2 rings (SSSR count). The van der Waals surface area contributed by atoms with Gasteiger partial charge in [0.05, 0.1) is 12.2 Å². The van der Waals surface area contributed by atoms with Crippen LogP contribution >= 0.6 is 0 Å². The summed E-state index contributed by atoms with van der Waals surface area (Å²) in [6.45, 7) is 4.29. The van der Waals surface area contributed by atoms with Crippen LogP contribution in [0.15, 0.2) is 6.08 Å². The molecule has 1 aromatic rings. The number of amides is 1. The van der Waals surface area contributed by atoms with Crippen molar-refractivity contribution >= 4 is 23.5 Å². The highest BCUT2D eigenvalue weighted by Crippen LogP contribution is 2.20. The minimum Gasteiger partial charge on any atom is -0.372 e. The number of likely N-dealkylation sites (N-methyl/N-ethyl adjacent to an activating group) is 1. The number of hydrogen-bond acceptors (Lipinski definition) is 5. The third kappa shape index (κ3) is 5.16. The lowest BCUT2D eigenvalue weighted by molar-refractivity contribution is -0.130. The van der Waals surface area contributed by atoms with Gasteiger partial charge in [-0.25, -0.2) is 4.98 Å². The first-order valence-corrected chi connectivity index (χ1v) is 8.90. The lowest BCUT2D eigenvalue weighted by Crippen LogP contribution is -2.42. The number of anilines is 1. The second-order valence-electron chi connectivity index (χ2n) is 6.68. The molecule has 0 aliphatic carbocycles. The molecule has 0 radical (unpaired) electrons. The topological polar surface area (TPSA) is 88.1 Å². The average Bonchev–Trinajstić information content (AvgIpc) is 3.02. The van der Waals surface area contributed by atoms with Crippen molar-refractivity contribution in [3.8, 4) is 0 Å². The molecule has 7 heteroatoms. The molecule has 3 N–H and O–H groups in total. The lowest BCUT2D eigenvalue weighted by atomic mass is 9.91. The van der Waals surface area contributed by atoms with E-state index in [4.69, 9.17) is 5.41 Å². The normalized spacial score (nSPS) is 16.3. The third-order valence-corrected chi connectivity index (χ3v) is 4.69. The first kappa shape index (κ1) is 19.2. The third-order valence-electron chi connectivity index (χ3n) is 4.69. The van der Waals surface area contributed by atoms with E-state index in [2.05, 4.69) is 27.1 Å². The molecule has 1 amide bonds. The Morgan fingerprint density at radius 1 is 1.44 bits per heavy atom. The predicted molar refractivity (Wildman–Crippen MR) is 102 cm³/mol. The van der Waals surface area contributed by atoms with Gasteiger partial charge in [0, 0.05) is 32.8 Å². The Hall–Kier alpha value is -2.15. The van der Waals surface area contributed by atoms with Crippen molar-refractivity contribution in [2.45, 2.75) is 26.2 Å². The summed E-state index contributed by atoms with van der Waals surface area (Å²) >= 11 is 0. The van der Waals surface area contributed by atoms with Crippen LogP contribution in [-0.2, 0) is 11.2 Å². The van der Waals surface area contributed by atoms with E-state index in [1.54, 1.807) is 19.0 Å². The molecule has 1 aliphatic rings. The van der Waals surface area contributed by atoms with Gasteiger partial charge >= 0.3 is 0 Å². The van der Waals surface area contributed by atoms with Crippen molar-refractivity contribution < 1.29 is 4.79 Å². The number of aryl methyl sites for hydroxylation is 1.